The molecule has 2 aromatic carbocycles. The van der Waals surface area contributed by atoms with E-state index in [1.165, 1.54) is 5.56 Å². The minimum absolute atomic E-state index is 0.157. The Kier molecular flexibility index (Phi) is 5.08. The highest BCUT2D eigenvalue weighted by molar-refractivity contribution is 5.85. The lowest BCUT2D eigenvalue weighted by Crippen LogP contribution is -2.23. The van der Waals surface area contributed by atoms with Gasteiger partial charge in [-0.15, -0.1) is 0 Å². The van der Waals surface area contributed by atoms with Gasteiger partial charge < -0.3 is 5.73 Å². The molecule has 0 aliphatic rings. The molecule has 0 saturated carbocycles. The van der Waals surface area contributed by atoms with Gasteiger partial charge in [0, 0.05) is 11.6 Å². The molecule has 1 amide bonds. The molecule has 3 aromatic rings. The average Bonchev–Trinajstić information content (AvgIpc) is 2.66. The third kappa shape index (κ3) is 3.77. The lowest BCUT2D eigenvalue weighted by atomic mass is 9.81. The van der Waals surface area contributed by atoms with Crippen LogP contribution >= 0.6 is 0 Å². The van der Waals surface area contributed by atoms with Crippen LogP contribution < -0.4 is 5.73 Å². The summed E-state index contributed by atoms with van der Waals surface area (Å²) < 4.78 is 0. The number of benzene rings is 2. The summed E-state index contributed by atoms with van der Waals surface area (Å²) in [6.07, 6.45) is 3.44. The van der Waals surface area contributed by atoms with Crippen molar-refractivity contribution >= 4 is 16.8 Å². The first-order chi connectivity index (χ1) is 12.4. The van der Waals surface area contributed by atoms with Gasteiger partial charge in [-0.3, -0.25) is 9.78 Å². The molecule has 1 atom stereocenters. The van der Waals surface area contributed by atoms with Gasteiger partial charge in [-0.25, -0.2) is 0 Å². The number of carbonyl (C=O) groups excluding carboxylic acids is 1. The molecule has 3 heteroatoms. The van der Waals surface area contributed by atoms with E-state index >= 15 is 0 Å². The molecule has 26 heavy (non-hydrogen) atoms. The molecule has 0 saturated heterocycles. The van der Waals surface area contributed by atoms with Gasteiger partial charge in [-0.2, -0.15) is 0 Å². The monoisotopic (exact) mass is 346 g/mol. The maximum absolute atomic E-state index is 12.1. The van der Waals surface area contributed by atoms with Crippen molar-refractivity contribution in [2.24, 2.45) is 5.73 Å². The molecule has 2 N–H and O–H groups in total. The summed E-state index contributed by atoms with van der Waals surface area (Å²) in [5, 5.41) is 1.02. The van der Waals surface area contributed by atoms with Crippen LogP contribution in [0.3, 0.4) is 0 Å². The van der Waals surface area contributed by atoms with Gasteiger partial charge in [0.05, 0.1) is 11.4 Å². The summed E-state index contributed by atoms with van der Waals surface area (Å²) in [5.41, 5.74) is 10.1. The van der Waals surface area contributed by atoms with Gasteiger partial charge in [-0.1, -0.05) is 63.2 Å². The fourth-order valence-electron chi connectivity index (χ4n) is 3.19. The number of aromatic nitrogens is 1. The zero-order chi connectivity index (χ0) is 18.7. The lowest BCUT2D eigenvalue weighted by molar-refractivity contribution is -0.119. The number of pyridine rings is 1. The molecule has 1 heterocycles. The first-order valence-corrected chi connectivity index (χ1v) is 9.14. The summed E-state index contributed by atoms with van der Waals surface area (Å²) in [7, 11) is 0. The molecule has 0 aliphatic carbocycles. The average molecular weight is 346 g/mol. The van der Waals surface area contributed by atoms with Crippen molar-refractivity contribution in [2.45, 2.75) is 44.9 Å². The van der Waals surface area contributed by atoms with Crippen molar-refractivity contribution in [3.05, 3.63) is 77.5 Å². The Morgan fingerprint density at radius 2 is 1.81 bits per heavy atom. The number of hydrogen-bond donors (Lipinski definition) is 1. The molecule has 1 unspecified atom stereocenters. The quantitative estimate of drug-likeness (QED) is 0.701. The van der Waals surface area contributed by atoms with Crippen LogP contribution in [0.4, 0.5) is 0 Å². The highest BCUT2D eigenvalue weighted by Crippen LogP contribution is 2.28. The Bertz CT molecular complexity index is 913. The molecule has 1 aromatic heterocycles. The number of amides is 1. The van der Waals surface area contributed by atoms with E-state index < -0.39 is 0 Å². The van der Waals surface area contributed by atoms with Crippen molar-refractivity contribution in [3.8, 4) is 0 Å². The van der Waals surface area contributed by atoms with Gasteiger partial charge in [0.15, 0.2) is 0 Å². The van der Waals surface area contributed by atoms with Crippen LogP contribution in [0.5, 0.6) is 0 Å². The van der Waals surface area contributed by atoms with E-state index in [-0.39, 0.29) is 17.2 Å². The number of fused-ring (bicyclic) bond motifs is 1. The highest BCUT2D eigenvalue weighted by atomic mass is 16.1. The van der Waals surface area contributed by atoms with E-state index in [9.17, 15) is 4.79 Å². The zero-order valence-electron chi connectivity index (χ0n) is 15.7. The second-order valence-corrected chi connectivity index (χ2v) is 7.55. The Morgan fingerprint density at radius 3 is 2.46 bits per heavy atom. The third-order valence-electron chi connectivity index (χ3n) is 5.42. The summed E-state index contributed by atoms with van der Waals surface area (Å²) in [5.74, 6) is -0.697. The fourth-order valence-corrected chi connectivity index (χ4v) is 3.19. The molecule has 0 bridgehead atoms. The van der Waals surface area contributed by atoms with Crippen LogP contribution in [0.1, 0.15) is 49.8 Å². The Hall–Kier alpha value is -2.68. The molecular weight excluding hydrogens is 320 g/mol. The molecule has 0 fully saturated rings. The van der Waals surface area contributed by atoms with E-state index in [1.54, 1.807) is 6.20 Å². The normalized spacial score (nSPS) is 12.9. The minimum Gasteiger partial charge on any atom is -0.369 e. The maximum Gasteiger partial charge on any atom is 0.225 e. The Morgan fingerprint density at radius 1 is 1.12 bits per heavy atom. The molecule has 3 rings (SSSR count). The highest BCUT2D eigenvalue weighted by Gasteiger charge is 2.21. The van der Waals surface area contributed by atoms with Gasteiger partial charge in [0.2, 0.25) is 5.91 Å². The topological polar surface area (TPSA) is 56.0 Å². The molecule has 0 aliphatic heterocycles. The number of rotatable bonds is 6. The van der Waals surface area contributed by atoms with Crippen LogP contribution in [-0.2, 0) is 16.6 Å². The van der Waals surface area contributed by atoms with Gasteiger partial charge >= 0.3 is 0 Å². The number of nitrogens with two attached hydrogens (primary N) is 1. The second kappa shape index (κ2) is 7.28. The van der Waals surface area contributed by atoms with Crippen molar-refractivity contribution in [1.82, 2.24) is 4.98 Å². The van der Waals surface area contributed by atoms with Gasteiger partial charge in [0.1, 0.15) is 0 Å². The predicted octanol–water partition coefficient (Wildman–Crippen LogP) is 4.73. The SMILES string of the molecule is CCC(C)(C)c1ccc(CC(C(N)=O)c2cnc3ccccc3c2)cc1. The maximum atomic E-state index is 12.1. The standard InChI is InChI=1S/C23H26N2O/c1-4-23(2,3)19-11-9-16(10-12-19)13-20(22(24)26)18-14-17-7-5-6-8-21(17)25-15-18/h5-12,14-15,20H,4,13H2,1-3H3,(H2,24,26). The third-order valence-corrected chi connectivity index (χ3v) is 5.42. The van der Waals surface area contributed by atoms with Crippen LogP contribution in [0, 0.1) is 0 Å². The molecule has 0 radical (unpaired) electrons. The first-order valence-electron chi connectivity index (χ1n) is 9.14. The van der Waals surface area contributed by atoms with Gasteiger partial charge in [0.25, 0.3) is 0 Å². The Balaban J connectivity index is 1.87. The molecule has 0 spiro atoms. The zero-order valence-corrected chi connectivity index (χ0v) is 15.7. The van der Waals surface area contributed by atoms with Crippen LogP contribution in [-0.4, -0.2) is 10.9 Å². The van der Waals surface area contributed by atoms with Crippen LogP contribution in [0.25, 0.3) is 10.9 Å². The number of carbonyl (C=O) groups is 1. The minimum atomic E-state index is -0.378. The van der Waals surface area contributed by atoms with Gasteiger partial charge in [-0.05, 0) is 47.1 Å². The number of hydrogen-bond acceptors (Lipinski definition) is 2. The predicted molar refractivity (Wildman–Crippen MR) is 107 cm³/mol. The van der Waals surface area contributed by atoms with Crippen molar-refractivity contribution < 1.29 is 4.79 Å². The largest absolute Gasteiger partial charge is 0.369 e. The first kappa shape index (κ1) is 18.1. The van der Waals surface area contributed by atoms with E-state index in [0.717, 1.165) is 28.5 Å². The number of primary amides is 1. The molecule has 3 nitrogen and oxygen atoms in total. The lowest BCUT2D eigenvalue weighted by Gasteiger charge is -2.23. The molecular formula is C23H26N2O. The number of nitrogens with zero attached hydrogens (tertiary/aromatic N) is 1. The van der Waals surface area contributed by atoms with E-state index in [0.29, 0.717) is 6.42 Å². The van der Waals surface area contributed by atoms with E-state index in [4.69, 9.17) is 5.73 Å². The Labute approximate surface area is 155 Å². The smallest absolute Gasteiger partial charge is 0.225 e. The van der Waals surface area contributed by atoms with Crippen molar-refractivity contribution in [2.75, 3.05) is 0 Å². The van der Waals surface area contributed by atoms with Crippen LogP contribution in [0.15, 0.2) is 60.8 Å². The summed E-state index contributed by atoms with van der Waals surface area (Å²) in [6, 6.07) is 18.5. The van der Waals surface area contributed by atoms with Crippen molar-refractivity contribution in [3.63, 3.8) is 0 Å². The summed E-state index contributed by atoms with van der Waals surface area (Å²) >= 11 is 0. The summed E-state index contributed by atoms with van der Waals surface area (Å²) in [6.45, 7) is 6.69. The van der Waals surface area contributed by atoms with E-state index in [2.05, 4.69) is 50.0 Å². The van der Waals surface area contributed by atoms with Crippen LogP contribution in [0.2, 0.25) is 0 Å². The molecule has 134 valence electrons. The fraction of sp³-hybridized carbons (Fsp3) is 0.304. The van der Waals surface area contributed by atoms with E-state index in [1.807, 2.05) is 30.3 Å². The van der Waals surface area contributed by atoms with Crippen molar-refractivity contribution in [1.29, 1.82) is 0 Å². The number of para-hydroxylation sites is 1. The second-order valence-electron chi connectivity index (χ2n) is 7.55. The summed E-state index contributed by atoms with van der Waals surface area (Å²) in [4.78, 5) is 16.6.